The molecule has 0 unspecified atom stereocenters. The van der Waals surface area contributed by atoms with Gasteiger partial charge in [-0.05, 0) is 44.4 Å². The Morgan fingerprint density at radius 2 is 1.87 bits per heavy atom. The summed E-state index contributed by atoms with van der Waals surface area (Å²) < 4.78 is 23.3. The first-order chi connectivity index (χ1) is 10.5. The van der Waals surface area contributed by atoms with Crippen molar-refractivity contribution in [3.05, 3.63) is 29.3 Å². The fraction of sp³-hybridized carbons (Fsp3) is 0.500. The van der Waals surface area contributed by atoms with Crippen molar-refractivity contribution in [2.45, 2.75) is 38.5 Å². The SMILES string of the molecule is CCc1ccc(S(C)(=O)=O)cc1C(=O)NCCC(C)(C)C(=O)O. The Morgan fingerprint density at radius 1 is 1.26 bits per heavy atom. The second kappa shape index (κ2) is 7.12. The summed E-state index contributed by atoms with van der Waals surface area (Å²) in [6.45, 7) is 5.25. The molecule has 0 saturated carbocycles. The van der Waals surface area contributed by atoms with Gasteiger partial charge in [-0.2, -0.15) is 0 Å². The highest BCUT2D eigenvalue weighted by Gasteiger charge is 2.26. The fourth-order valence-electron chi connectivity index (χ4n) is 2.00. The number of hydrogen-bond acceptors (Lipinski definition) is 4. The fourth-order valence-corrected chi connectivity index (χ4v) is 2.64. The number of hydrogen-bond donors (Lipinski definition) is 2. The van der Waals surface area contributed by atoms with E-state index in [0.717, 1.165) is 11.8 Å². The molecule has 1 amide bonds. The monoisotopic (exact) mass is 341 g/mol. The highest BCUT2D eigenvalue weighted by Crippen LogP contribution is 2.20. The van der Waals surface area contributed by atoms with E-state index in [1.165, 1.54) is 12.1 Å². The molecule has 0 atom stereocenters. The quantitative estimate of drug-likeness (QED) is 0.789. The highest BCUT2D eigenvalue weighted by molar-refractivity contribution is 7.90. The van der Waals surface area contributed by atoms with E-state index in [9.17, 15) is 18.0 Å². The van der Waals surface area contributed by atoms with Gasteiger partial charge in [0, 0.05) is 18.4 Å². The molecule has 1 aromatic carbocycles. The maximum Gasteiger partial charge on any atom is 0.309 e. The molecule has 23 heavy (non-hydrogen) atoms. The Morgan fingerprint density at radius 3 is 2.35 bits per heavy atom. The zero-order valence-corrected chi connectivity index (χ0v) is 14.7. The van der Waals surface area contributed by atoms with E-state index in [1.807, 2.05) is 6.92 Å². The Bertz CT molecular complexity index is 707. The molecule has 7 heteroatoms. The average molecular weight is 341 g/mol. The van der Waals surface area contributed by atoms with Crippen molar-refractivity contribution < 1.29 is 23.1 Å². The number of aliphatic carboxylic acids is 1. The summed E-state index contributed by atoms with van der Waals surface area (Å²) in [4.78, 5) is 23.4. The first kappa shape index (κ1) is 19.2. The predicted octanol–water partition coefficient (Wildman–Crippen LogP) is 1.88. The van der Waals surface area contributed by atoms with Crippen LogP contribution in [-0.2, 0) is 21.1 Å². The lowest BCUT2D eigenvalue weighted by molar-refractivity contribution is -0.147. The Balaban J connectivity index is 2.93. The van der Waals surface area contributed by atoms with Crippen LogP contribution in [0.3, 0.4) is 0 Å². The lowest BCUT2D eigenvalue weighted by Crippen LogP contribution is -2.32. The summed E-state index contributed by atoms with van der Waals surface area (Å²) in [5.41, 5.74) is 0.117. The number of amides is 1. The Kier molecular flexibility index (Phi) is 5.93. The Hall–Kier alpha value is -1.89. The van der Waals surface area contributed by atoms with Crippen molar-refractivity contribution in [1.29, 1.82) is 0 Å². The number of sulfone groups is 1. The average Bonchev–Trinajstić information content (AvgIpc) is 2.45. The van der Waals surface area contributed by atoms with Crippen molar-refractivity contribution in [2.75, 3.05) is 12.8 Å². The van der Waals surface area contributed by atoms with Crippen molar-refractivity contribution in [2.24, 2.45) is 5.41 Å². The van der Waals surface area contributed by atoms with Gasteiger partial charge in [-0.3, -0.25) is 9.59 Å². The third kappa shape index (κ3) is 5.06. The molecule has 0 spiro atoms. The van der Waals surface area contributed by atoms with Gasteiger partial charge in [-0.15, -0.1) is 0 Å². The van der Waals surface area contributed by atoms with Gasteiger partial charge in [0.2, 0.25) is 0 Å². The molecule has 0 aliphatic heterocycles. The topological polar surface area (TPSA) is 101 Å². The molecular formula is C16H23NO5S. The smallest absolute Gasteiger partial charge is 0.309 e. The van der Waals surface area contributed by atoms with Crippen LogP contribution in [-0.4, -0.2) is 38.2 Å². The van der Waals surface area contributed by atoms with Crippen LogP contribution in [0.15, 0.2) is 23.1 Å². The van der Waals surface area contributed by atoms with Gasteiger partial charge in [0.1, 0.15) is 0 Å². The van der Waals surface area contributed by atoms with Crippen LogP contribution in [0.2, 0.25) is 0 Å². The van der Waals surface area contributed by atoms with Gasteiger partial charge < -0.3 is 10.4 Å². The van der Waals surface area contributed by atoms with Gasteiger partial charge in [-0.25, -0.2) is 8.42 Å². The van der Waals surface area contributed by atoms with E-state index in [1.54, 1.807) is 19.9 Å². The van der Waals surface area contributed by atoms with Crippen LogP contribution in [0.5, 0.6) is 0 Å². The first-order valence-electron chi connectivity index (χ1n) is 7.33. The van der Waals surface area contributed by atoms with Crippen LogP contribution in [0.4, 0.5) is 0 Å². The standard InChI is InChI=1S/C16H23NO5S/c1-5-11-6-7-12(23(4,21)22)10-13(11)14(18)17-9-8-16(2,3)15(19)20/h6-7,10H,5,8-9H2,1-4H3,(H,17,18)(H,19,20). The minimum absolute atomic E-state index is 0.0886. The van der Waals surface area contributed by atoms with Gasteiger partial charge in [0.05, 0.1) is 10.3 Å². The predicted molar refractivity (Wildman–Crippen MR) is 87.3 cm³/mol. The van der Waals surface area contributed by atoms with Crippen molar-refractivity contribution in [1.82, 2.24) is 5.32 Å². The normalized spacial score (nSPS) is 12.0. The summed E-state index contributed by atoms with van der Waals surface area (Å²) in [5.74, 6) is -1.33. The molecule has 128 valence electrons. The minimum atomic E-state index is -3.40. The molecule has 6 nitrogen and oxygen atoms in total. The van der Waals surface area contributed by atoms with Crippen LogP contribution < -0.4 is 5.32 Å². The molecule has 0 saturated heterocycles. The van der Waals surface area contributed by atoms with E-state index < -0.39 is 27.1 Å². The third-order valence-electron chi connectivity index (χ3n) is 3.75. The zero-order chi connectivity index (χ0) is 17.8. The van der Waals surface area contributed by atoms with Crippen molar-refractivity contribution >= 4 is 21.7 Å². The van der Waals surface area contributed by atoms with Crippen LogP contribution in [0.25, 0.3) is 0 Å². The summed E-state index contributed by atoms with van der Waals surface area (Å²) in [6, 6.07) is 4.48. The molecule has 0 heterocycles. The molecule has 0 fully saturated rings. The minimum Gasteiger partial charge on any atom is -0.481 e. The van der Waals surface area contributed by atoms with Gasteiger partial charge in [0.25, 0.3) is 5.91 Å². The molecule has 0 bridgehead atoms. The number of carboxylic acid groups (broad SMARTS) is 1. The number of carbonyl (C=O) groups excluding carboxylic acids is 1. The number of carboxylic acids is 1. The van der Waals surface area contributed by atoms with Gasteiger partial charge >= 0.3 is 5.97 Å². The number of benzene rings is 1. The van der Waals surface area contributed by atoms with Crippen LogP contribution in [0.1, 0.15) is 43.1 Å². The molecule has 0 aliphatic rings. The second-order valence-electron chi connectivity index (χ2n) is 6.14. The number of nitrogens with one attached hydrogen (secondary N) is 1. The lowest BCUT2D eigenvalue weighted by atomic mass is 9.89. The maximum absolute atomic E-state index is 12.3. The van der Waals surface area contributed by atoms with Crippen molar-refractivity contribution in [3.63, 3.8) is 0 Å². The molecule has 1 rings (SSSR count). The largest absolute Gasteiger partial charge is 0.481 e. The summed E-state index contributed by atoms with van der Waals surface area (Å²) in [6.07, 6.45) is 1.96. The van der Waals surface area contributed by atoms with Crippen molar-refractivity contribution in [3.8, 4) is 0 Å². The first-order valence-corrected chi connectivity index (χ1v) is 9.22. The zero-order valence-electron chi connectivity index (χ0n) is 13.8. The molecule has 0 radical (unpaired) electrons. The molecule has 1 aromatic rings. The van der Waals surface area contributed by atoms with E-state index in [2.05, 4.69) is 5.32 Å². The van der Waals surface area contributed by atoms with E-state index in [-0.39, 0.29) is 17.9 Å². The van der Waals surface area contributed by atoms with Crippen LogP contribution >= 0.6 is 0 Å². The van der Waals surface area contributed by atoms with Crippen LogP contribution in [0, 0.1) is 5.41 Å². The maximum atomic E-state index is 12.3. The van der Waals surface area contributed by atoms with E-state index >= 15 is 0 Å². The molecule has 2 N–H and O–H groups in total. The molecule has 0 aromatic heterocycles. The summed E-state index contributed by atoms with van der Waals surface area (Å²) in [5, 5.41) is 11.7. The van der Waals surface area contributed by atoms with Gasteiger partial charge in [-0.1, -0.05) is 13.0 Å². The van der Waals surface area contributed by atoms with E-state index in [4.69, 9.17) is 5.11 Å². The van der Waals surface area contributed by atoms with Gasteiger partial charge in [0.15, 0.2) is 9.84 Å². The van der Waals surface area contributed by atoms with E-state index in [0.29, 0.717) is 12.0 Å². The highest BCUT2D eigenvalue weighted by atomic mass is 32.2. The number of rotatable bonds is 7. The molecule has 0 aliphatic carbocycles. The number of aryl methyl sites for hydroxylation is 1. The third-order valence-corrected chi connectivity index (χ3v) is 4.86. The summed E-state index contributed by atoms with van der Waals surface area (Å²) in [7, 11) is -3.40. The number of carbonyl (C=O) groups is 2. The lowest BCUT2D eigenvalue weighted by Gasteiger charge is -2.19. The Labute approximate surface area is 136 Å². The second-order valence-corrected chi connectivity index (χ2v) is 8.16. The summed E-state index contributed by atoms with van der Waals surface area (Å²) >= 11 is 0. The molecular weight excluding hydrogens is 318 g/mol.